The van der Waals surface area contributed by atoms with Crippen molar-refractivity contribution in [3.05, 3.63) is 0 Å². The van der Waals surface area contributed by atoms with Gasteiger partial charge in [0.25, 0.3) is 0 Å². The summed E-state index contributed by atoms with van der Waals surface area (Å²) in [5.74, 6) is -1.31. The van der Waals surface area contributed by atoms with E-state index in [1.54, 1.807) is 0 Å². The second-order valence-corrected chi connectivity index (χ2v) is 7.17. The number of carbonyl (C=O) groups excluding carboxylic acids is 2. The van der Waals surface area contributed by atoms with Gasteiger partial charge in [0.05, 0.1) is 0 Å². The van der Waals surface area contributed by atoms with E-state index in [9.17, 15) is 14.4 Å². The van der Waals surface area contributed by atoms with Crippen molar-refractivity contribution in [1.82, 2.24) is 0 Å². The van der Waals surface area contributed by atoms with E-state index in [-0.39, 0.29) is 42.8 Å². The van der Waals surface area contributed by atoms with Crippen LogP contribution in [0.15, 0.2) is 0 Å². The standard InChI is InChI=1S/C15H30O2.C6H12N2O2.Na.H/c1-2-3-4-5-6-7-8-9-10-11-12-13-14-15(16)17;7-5(9)3-1-2-4-6(8)10;;/h2-14H2,1H3,(H,16,17);1-4H2,(H2,7,9)(H2,8,10);;/q;;+1;-1. The molecule has 0 bridgehead atoms. The Morgan fingerprint density at radius 2 is 0.893 bits per heavy atom. The molecule has 0 atom stereocenters. The molecule has 0 aromatic heterocycles. The Morgan fingerprint density at radius 1 is 0.607 bits per heavy atom. The Balaban J connectivity index is -0.000000226. The molecular formula is C21H43N2NaO4. The van der Waals surface area contributed by atoms with Crippen LogP contribution in [-0.4, -0.2) is 22.9 Å². The largest absolute Gasteiger partial charge is 1.00 e. The van der Waals surface area contributed by atoms with Gasteiger partial charge in [-0.25, -0.2) is 0 Å². The number of amides is 2. The smallest absolute Gasteiger partial charge is 1.00 e. The van der Waals surface area contributed by atoms with Crippen LogP contribution in [0.3, 0.4) is 0 Å². The summed E-state index contributed by atoms with van der Waals surface area (Å²) in [6, 6.07) is 0. The minimum absolute atomic E-state index is 0. The predicted octanol–water partition coefficient (Wildman–Crippen LogP) is 1.80. The summed E-state index contributed by atoms with van der Waals surface area (Å²) in [5.41, 5.74) is 9.71. The molecule has 2 amide bonds. The number of carbonyl (C=O) groups is 3. The fraction of sp³-hybridized carbons (Fsp3) is 0.857. The third kappa shape index (κ3) is 36.3. The van der Waals surface area contributed by atoms with Crippen LogP contribution in [0, 0.1) is 0 Å². The van der Waals surface area contributed by atoms with Gasteiger partial charge in [0, 0.05) is 19.3 Å². The molecule has 7 heteroatoms. The molecule has 6 nitrogen and oxygen atoms in total. The number of nitrogens with two attached hydrogens (primary N) is 2. The third-order valence-electron chi connectivity index (χ3n) is 4.34. The Hall–Kier alpha value is -0.590. The molecule has 0 fully saturated rings. The van der Waals surface area contributed by atoms with Crippen LogP contribution < -0.4 is 41.0 Å². The molecule has 0 radical (unpaired) electrons. The van der Waals surface area contributed by atoms with Gasteiger partial charge in [-0.2, -0.15) is 0 Å². The van der Waals surface area contributed by atoms with Gasteiger partial charge in [-0.3, -0.25) is 14.4 Å². The maximum Gasteiger partial charge on any atom is 1.00 e. The van der Waals surface area contributed by atoms with E-state index >= 15 is 0 Å². The van der Waals surface area contributed by atoms with Gasteiger partial charge >= 0.3 is 35.5 Å². The van der Waals surface area contributed by atoms with Crippen LogP contribution in [0.2, 0.25) is 0 Å². The van der Waals surface area contributed by atoms with E-state index in [0.717, 1.165) is 12.8 Å². The second kappa shape index (κ2) is 26.4. The van der Waals surface area contributed by atoms with Crippen molar-refractivity contribution in [2.24, 2.45) is 11.5 Å². The zero-order valence-corrected chi connectivity index (χ0v) is 20.3. The van der Waals surface area contributed by atoms with Gasteiger partial charge in [0.1, 0.15) is 0 Å². The van der Waals surface area contributed by atoms with Crippen LogP contribution in [0.5, 0.6) is 0 Å². The SMILES string of the molecule is CCCCCCCCCCCCCCC(=O)O.NC(=O)CCCCC(N)=O.[H-].[Na+]. The summed E-state index contributed by atoms with van der Waals surface area (Å²) in [7, 11) is 0. The monoisotopic (exact) mass is 410 g/mol. The summed E-state index contributed by atoms with van der Waals surface area (Å²) in [6.45, 7) is 2.25. The van der Waals surface area contributed by atoms with Gasteiger partial charge in [-0.1, -0.05) is 77.6 Å². The molecule has 0 heterocycles. The molecule has 5 N–H and O–H groups in total. The summed E-state index contributed by atoms with van der Waals surface area (Å²) in [4.78, 5) is 30.6. The number of aliphatic carboxylic acids is 1. The van der Waals surface area contributed by atoms with Crippen molar-refractivity contribution in [1.29, 1.82) is 0 Å². The zero-order chi connectivity index (χ0) is 20.8. The molecular weight excluding hydrogens is 367 g/mol. The van der Waals surface area contributed by atoms with Gasteiger partial charge in [0.15, 0.2) is 0 Å². The minimum Gasteiger partial charge on any atom is -1.00 e. The Bertz CT molecular complexity index is 370. The summed E-state index contributed by atoms with van der Waals surface area (Å²) < 4.78 is 0. The van der Waals surface area contributed by atoms with Crippen LogP contribution in [0.1, 0.15) is 118 Å². The minimum atomic E-state index is -0.655. The van der Waals surface area contributed by atoms with Crippen LogP contribution in [0.25, 0.3) is 0 Å². The first kappa shape index (κ1) is 32.1. The fourth-order valence-electron chi connectivity index (χ4n) is 2.72. The van der Waals surface area contributed by atoms with E-state index in [1.165, 1.54) is 64.2 Å². The maximum absolute atomic E-state index is 10.3. The number of hydrogen-bond acceptors (Lipinski definition) is 3. The Kier molecular flexibility index (Phi) is 30.3. The van der Waals surface area contributed by atoms with Crippen LogP contribution in [0.4, 0.5) is 0 Å². The Morgan fingerprint density at radius 3 is 1.18 bits per heavy atom. The summed E-state index contributed by atoms with van der Waals surface area (Å²) in [5, 5.41) is 8.47. The summed E-state index contributed by atoms with van der Waals surface area (Å²) in [6.07, 6.45) is 17.8. The first-order valence-electron chi connectivity index (χ1n) is 10.7. The van der Waals surface area contributed by atoms with E-state index in [1.807, 2.05) is 0 Å². The first-order valence-corrected chi connectivity index (χ1v) is 10.7. The van der Waals surface area contributed by atoms with Crippen molar-refractivity contribution in [2.45, 2.75) is 116 Å². The molecule has 0 unspecified atom stereocenters. The van der Waals surface area contributed by atoms with Crippen molar-refractivity contribution >= 4 is 17.8 Å². The third-order valence-corrected chi connectivity index (χ3v) is 4.34. The molecule has 0 aliphatic rings. The molecule has 0 rings (SSSR count). The van der Waals surface area contributed by atoms with E-state index in [4.69, 9.17) is 16.6 Å². The molecule has 0 spiro atoms. The molecule has 0 aliphatic carbocycles. The average Bonchev–Trinajstić information content (AvgIpc) is 2.60. The topological polar surface area (TPSA) is 123 Å². The zero-order valence-electron chi connectivity index (χ0n) is 19.3. The number of hydrogen-bond donors (Lipinski definition) is 3. The number of rotatable bonds is 18. The fourth-order valence-corrected chi connectivity index (χ4v) is 2.72. The average molecular weight is 411 g/mol. The molecule has 0 aliphatic heterocycles. The van der Waals surface area contributed by atoms with Gasteiger partial charge in [-0.15, -0.1) is 0 Å². The number of unbranched alkanes of at least 4 members (excludes halogenated alkanes) is 12. The maximum atomic E-state index is 10.3. The van der Waals surface area contributed by atoms with Crippen LogP contribution >= 0.6 is 0 Å². The molecule has 0 saturated carbocycles. The number of carboxylic acids is 1. The number of primary amides is 2. The van der Waals surface area contributed by atoms with Crippen molar-refractivity contribution < 1.29 is 50.5 Å². The quantitative estimate of drug-likeness (QED) is 0.235. The van der Waals surface area contributed by atoms with Crippen molar-refractivity contribution in [3.8, 4) is 0 Å². The van der Waals surface area contributed by atoms with Gasteiger partial charge < -0.3 is 18.0 Å². The van der Waals surface area contributed by atoms with Crippen molar-refractivity contribution in [3.63, 3.8) is 0 Å². The first-order chi connectivity index (χ1) is 12.9. The second-order valence-electron chi connectivity index (χ2n) is 7.17. The van der Waals surface area contributed by atoms with Crippen LogP contribution in [-0.2, 0) is 14.4 Å². The van der Waals surface area contributed by atoms with Gasteiger partial charge in [0.2, 0.25) is 11.8 Å². The van der Waals surface area contributed by atoms with Crippen molar-refractivity contribution in [2.75, 3.05) is 0 Å². The molecule has 0 saturated heterocycles. The number of carboxylic acid groups (broad SMARTS) is 1. The summed E-state index contributed by atoms with van der Waals surface area (Å²) >= 11 is 0. The van der Waals surface area contributed by atoms with E-state index < -0.39 is 5.97 Å². The normalized spacial score (nSPS) is 9.75. The van der Waals surface area contributed by atoms with E-state index in [2.05, 4.69) is 6.92 Å². The Labute approximate surface area is 195 Å². The predicted molar refractivity (Wildman–Crippen MR) is 111 cm³/mol. The molecule has 162 valence electrons. The molecule has 0 aromatic rings. The molecule has 0 aromatic carbocycles. The van der Waals surface area contributed by atoms with E-state index in [0.29, 0.717) is 32.1 Å². The van der Waals surface area contributed by atoms with Gasteiger partial charge in [-0.05, 0) is 19.3 Å². The molecule has 28 heavy (non-hydrogen) atoms.